The minimum Gasteiger partial charge on any atom is -0.493 e. The first-order valence-electron chi connectivity index (χ1n) is 7.15. The van der Waals surface area contributed by atoms with E-state index < -0.39 is 0 Å². The fourth-order valence-electron chi connectivity index (χ4n) is 1.93. The van der Waals surface area contributed by atoms with Crippen molar-refractivity contribution in [1.29, 1.82) is 0 Å². The highest BCUT2D eigenvalue weighted by atomic mass is 79.9. The number of hydrogen-bond acceptors (Lipinski definition) is 5. The number of carbonyl (C=O) groups excluding carboxylic acids is 1. The number of anilines is 1. The van der Waals surface area contributed by atoms with E-state index in [-0.39, 0.29) is 12.5 Å². The van der Waals surface area contributed by atoms with Crippen LogP contribution in [0.1, 0.15) is 5.56 Å². The van der Waals surface area contributed by atoms with Gasteiger partial charge in [-0.1, -0.05) is 22.0 Å². The van der Waals surface area contributed by atoms with E-state index in [4.69, 9.17) is 9.47 Å². The largest absolute Gasteiger partial charge is 0.493 e. The first-order chi connectivity index (χ1) is 11.6. The van der Waals surface area contributed by atoms with Crippen LogP contribution in [0.25, 0.3) is 0 Å². The molecule has 1 amide bonds. The number of hydrogen-bond donors (Lipinski definition) is 2. The van der Waals surface area contributed by atoms with Crippen LogP contribution in [0.3, 0.4) is 0 Å². The maximum atomic E-state index is 11.8. The zero-order chi connectivity index (χ0) is 17.4. The molecule has 0 radical (unpaired) electrons. The lowest BCUT2D eigenvalue weighted by atomic mass is 10.2. The van der Waals surface area contributed by atoms with Crippen LogP contribution in [0, 0.1) is 0 Å². The van der Waals surface area contributed by atoms with Crippen molar-refractivity contribution in [3.63, 3.8) is 0 Å². The Morgan fingerprint density at radius 2 is 1.96 bits per heavy atom. The molecule has 2 aromatic carbocycles. The Hall–Kier alpha value is -2.54. The number of rotatable bonds is 7. The van der Waals surface area contributed by atoms with Crippen LogP contribution in [-0.2, 0) is 4.79 Å². The molecular weight excluding hydrogens is 374 g/mol. The molecule has 0 unspecified atom stereocenters. The number of ether oxygens (including phenoxy) is 2. The minimum atomic E-state index is -0.244. The Morgan fingerprint density at radius 1 is 1.17 bits per heavy atom. The Morgan fingerprint density at radius 3 is 2.67 bits per heavy atom. The van der Waals surface area contributed by atoms with Gasteiger partial charge in [0.25, 0.3) is 5.91 Å². The van der Waals surface area contributed by atoms with Gasteiger partial charge in [-0.2, -0.15) is 5.10 Å². The van der Waals surface area contributed by atoms with Crippen molar-refractivity contribution in [2.75, 3.05) is 26.1 Å². The molecule has 0 heterocycles. The van der Waals surface area contributed by atoms with E-state index in [9.17, 15) is 4.79 Å². The first-order valence-corrected chi connectivity index (χ1v) is 7.95. The van der Waals surface area contributed by atoms with Gasteiger partial charge in [-0.15, -0.1) is 0 Å². The van der Waals surface area contributed by atoms with Crippen LogP contribution < -0.4 is 20.2 Å². The third-order valence-electron chi connectivity index (χ3n) is 3.09. The van der Waals surface area contributed by atoms with Gasteiger partial charge >= 0.3 is 0 Å². The normalized spacial score (nSPS) is 10.5. The molecule has 0 aliphatic rings. The second-order valence-electron chi connectivity index (χ2n) is 4.77. The summed E-state index contributed by atoms with van der Waals surface area (Å²) in [4.78, 5) is 11.8. The Labute approximate surface area is 149 Å². The molecule has 0 saturated carbocycles. The third kappa shape index (κ3) is 5.27. The number of nitrogens with one attached hydrogen (secondary N) is 2. The maximum absolute atomic E-state index is 11.8. The summed E-state index contributed by atoms with van der Waals surface area (Å²) in [6, 6.07) is 12.9. The zero-order valence-electron chi connectivity index (χ0n) is 13.4. The summed E-state index contributed by atoms with van der Waals surface area (Å²) in [6.07, 6.45) is 1.54. The number of amides is 1. The summed E-state index contributed by atoms with van der Waals surface area (Å²) in [5, 5.41) is 6.95. The van der Waals surface area contributed by atoms with Gasteiger partial charge in [0, 0.05) is 10.2 Å². The molecule has 24 heavy (non-hydrogen) atoms. The lowest BCUT2D eigenvalue weighted by Gasteiger charge is -2.07. The molecule has 0 spiro atoms. The summed E-state index contributed by atoms with van der Waals surface area (Å²) >= 11 is 3.38. The molecule has 0 aliphatic carbocycles. The lowest BCUT2D eigenvalue weighted by Crippen LogP contribution is -2.25. The number of hydrazone groups is 1. The van der Waals surface area contributed by atoms with E-state index in [1.54, 1.807) is 32.6 Å². The molecule has 0 atom stereocenters. The average molecular weight is 392 g/mol. The highest BCUT2D eigenvalue weighted by Gasteiger charge is 2.03. The molecular formula is C17H18BrN3O3. The molecule has 0 saturated heterocycles. The van der Waals surface area contributed by atoms with Gasteiger partial charge in [0.05, 0.1) is 27.0 Å². The monoisotopic (exact) mass is 391 g/mol. The quantitative estimate of drug-likeness (QED) is 0.561. The van der Waals surface area contributed by atoms with Crippen LogP contribution >= 0.6 is 15.9 Å². The maximum Gasteiger partial charge on any atom is 0.259 e. The van der Waals surface area contributed by atoms with E-state index in [0.29, 0.717) is 11.5 Å². The van der Waals surface area contributed by atoms with Crippen LogP contribution in [0.15, 0.2) is 52.0 Å². The van der Waals surface area contributed by atoms with Crippen molar-refractivity contribution in [3.05, 3.63) is 52.5 Å². The molecule has 0 aliphatic heterocycles. The highest BCUT2D eigenvalue weighted by Crippen LogP contribution is 2.26. The summed E-state index contributed by atoms with van der Waals surface area (Å²) in [5.74, 6) is 0.993. The Bertz CT molecular complexity index is 735. The van der Waals surface area contributed by atoms with Gasteiger partial charge in [-0.25, -0.2) is 5.43 Å². The fraction of sp³-hybridized carbons (Fsp3) is 0.176. The van der Waals surface area contributed by atoms with E-state index in [0.717, 1.165) is 15.7 Å². The predicted molar refractivity (Wildman–Crippen MR) is 97.9 cm³/mol. The third-order valence-corrected chi connectivity index (χ3v) is 3.58. The van der Waals surface area contributed by atoms with Crippen LogP contribution in [0.4, 0.5) is 5.69 Å². The molecule has 7 heteroatoms. The Balaban J connectivity index is 1.86. The molecule has 2 rings (SSSR count). The lowest BCUT2D eigenvalue weighted by molar-refractivity contribution is -0.119. The number of carbonyl (C=O) groups is 1. The van der Waals surface area contributed by atoms with Gasteiger partial charge in [0.1, 0.15) is 0 Å². The number of methoxy groups -OCH3 is 2. The molecule has 2 aromatic rings. The molecule has 0 fully saturated rings. The summed E-state index contributed by atoms with van der Waals surface area (Å²) in [5.41, 5.74) is 4.10. The van der Waals surface area contributed by atoms with E-state index in [2.05, 4.69) is 31.8 Å². The molecule has 126 valence electrons. The second-order valence-corrected chi connectivity index (χ2v) is 5.69. The summed E-state index contributed by atoms with van der Waals surface area (Å²) in [6.45, 7) is 0.125. The Kier molecular flexibility index (Phi) is 6.62. The SMILES string of the molecule is COc1ccc(C=NNC(=O)CNc2cccc(Br)c2)cc1OC. The van der Waals surface area contributed by atoms with Crippen molar-refractivity contribution in [2.45, 2.75) is 0 Å². The van der Waals surface area contributed by atoms with Crippen molar-refractivity contribution < 1.29 is 14.3 Å². The van der Waals surface area contributed by atoms with Crippen LogP contribution in [0.2, 0.25) is 0 Å². The van der Waals surface area contributed by atoms with Gasteiger partial charge < -0.3 is 14.8 Å². The van der Waals surface area contributed by atoms with Gasteiger partial charge in [-0.3, -0.25) is 4.79 Å². The topological polar surface area (TPSA) is 72.0 Å². The minimum absolute atomic E-state index is 0.125. The van der Waals surface area contributed by atoms with E-state index in [1.165, 1.54) is 0 Å². The molecule has 0 aromatic heterocycles. The van der Waals surface area contributed by atoms with Crippen LogP contribution in [0.5, 0.6) is 11.5 Å². The fourth-order valence-corrected chi connectivity index (χ4v) is 2.33. The zero-order valence-corrected chi connectivity index (χ0v) is 15.0. The van der Waals surface area contributed by atoms with Crippen molar-refractivity contribution >= 4 is 33.7 Å². The van der Waals surface area contributed by atoms with Gasteiger partial charge in [0.2, 0.25) is 0 Å². The molecule has 6 nitrogen and oxygen atoms in total. The highest BCUT2D eigenvalue weighted by molar-refractivity contribution is 9.10. The van der Waals surface area contributed by atoms with E-state index >= 15 is 0 Å². The molecule has 0 bridgehead atoms. The number of halogens is 1. The van der Waals surface area contributed by atoms with E-state index in [1.807, 2.05) is 30.3 Å². The van der Waals surface area contributed by atoms with Gasteiger partial charge in [-0.05, 0) is 42.0 Å². The predicted octanol–water partition coefficient (Wildman–Crippen LogP) is 3.03. The standard InChI is InChI=1S/C17H18BrN3O3/c1-23-15-7-6-12(8-16(15)24-2)10-20-21-17(22)11-19-14-5-3-4-13(18)9-14/h3-10,19H,11H2,1-2H3,(H,21,22). The number of nitrogens with zero attached hydrogens (tertiary/aromatic N) is 1. The molecule has 2 N–H and O–H groups in total. The van der Waals surface area contributed by atoms with Crippen molar-refractivity contribution in [1.82, 2.24) is 5.43 Å². The first kappa shape index (κ1) is 17.8. The average Bonchev–Trinajstić information content (AvgIpc) is 2.60. The van der Waals surface area contributed by atoms with Gasteiger partial charge in [0.15, 0.2) is 11.5 Å². The van der Waals surface area contributed by atoms with Crippen molar-refractivity contribution in [3.8, 4) is 11.5 Å². The van der Waals surface area contributed by atoms with Crippen molar-refractivity contribution in [2.24, 2.45) is 5.10 Å². The smallest absolute Gasteiger partial charge is 0.259 e. The van der Waals surface area contributed by atoms with Crippen LogP contribution in [-0.4, -0.2) is 32.9 Å². The second kappa shape index (κ2) is 8.93. The summed E-state index contributed by atoms with van der Waals surface area (Å²) < 4.78 is 11.3. The summed E-state index contributed by atoms with van der Waals surface area (Å²) in [7, 11) is 3.14. The number of benzene rings is 2.